The minimum atomic E-state index is -0.582. The van der Waals surface area contributed by atoms with Gasteiger partial charge in [0.15, 0.2) is 11.7 Å². The lowest BCUT2D eigenvalue weighted by molar-refractivity contribution is -0.119. The van der Waals surface area contributed by atoms with Crippen molar-refractivity contribution in [3.8, 4) is 11.3 Å². The number of imidazole rings is 1. The minimum absolute atomic E-state index is 0.344. The third kappa shape index (κ3) is 4.10. The molecule has 0 aliphatic rings. The first-order valence-corrected chi connectivity index (χ1v) is 9.87. The smallest absolute Gasteiger partial charge is 0.338 e. The van der Waals surface area contributed by atoms with Gasteiger partial charge in [-0.3, -0.25) is 10.1 Å². The molecule has 2 N–H and O–H groups in total. The van der Waals surface area contributed by atoms with E-state index in [0.717, 1.165) is 26.8 Å². The van der Waals surface area contributed by atoms with Gasteiger partial charge >= 0.3 is 5.97 Å². The van der Waals surface area contributed by atoms with Gasteiger partial charge in [-0.25, -0.2) is 14.8 Å². The second-order valence-corrected chi connectivity index (χ2v) is 7.58. The number of H-pyrrole nitrogens is 1. The topological polar surface area (TPSA) is 97.0 Å². The third-order valence-corrected chi connectivity index (χ3v) is 5.17. The predicted molar refractivity (Wildman–Crippen MR) is 110 cm³/mol. The van der Waals surface area contributed by atoms with Gasteiger partial charge in [-0.15, -0.1) is 11.3 Å². The van der Waals surface area contributed by atoms with Crippen LogP contribution in [0.4, 0.5) is 5.13 Å². The number of anilines is 1. The summed E-state index contributed by atoms with van der Waals surface area (Å²) >= 11 is 4.69. The van der Waals surface area contributed by atoms with Gasteiger partial charge in [-0.2, -0.15) is 0 Å². The average molecular weight is 457 g/mol. The number of ether oxygens (including phenoxy) is 1. The van der Waals surface area contributed by atoms with Crippen LogP contribution < -0.4 is 5.32 Å². The number of aromatic nitrogens is 3. The summed E-state index contributed by atoms with van der Waals surface area (Å²) in [5.74, 6) is -1.03. The molecule has 140 valence electrons. The van der Waals surface area contributed by atoms with Crippen LogP contribution in [0.5, 0.6) is 0 Å². The number of benzene rings is 2. The van der Waals surface area contributed by atoms with Gasteiger partial charge in [-0.1, -0.05) is 28.1 Å². The van der Waals surface area contributed by atoms with Gasteiger partial charge in [-0.05, 0) is 30.3 Å². The van der Waals surface area contributed by atoms with E-state index < -0.39 is 18.5 Å². The van der Waals surface area contributed by atoms with Gasteiger partial charge < -0.3 is 9.72 Å². The van der Waals surface area contributed by atoms with E-state index in [4.69, 9.17) is 4.74 Å². The molecule has 0 aliphatic heterocycles. The number of hydrogen-bond donors (Lipinski definition) is 2. The number of carbonyl (C=O) groups excluding carboxylic acids is 2. The second kappa shape index (κ2) is 7.91. The Labute approximate surface area is 171 Å². The molecule has 2 heterocycles. The highest BCUT2D eigenvalue weighted by Crippen LogP contribution is 2.26. The predicted octanol–water partition coefficient (Wildman–Crippen LogP) is 4.24. The fourth-order valence-electron chi connectivity index (χ4n) is 2.52. The zero-order valence-corrected chi connectivity index (χ0v) is 16.7. The van der Waals surface area contributed by atoms with Crippen molar-refractivity contribution in [2.75, 3.05) is 11.9 Å². The van der Waals surface area contributed by atoms with E-state index >= 15 is 0 Å². The molecule has 2 aromatic carbocycles. The van der Waals surface area contributed by atoms with E-state index in [9.17, 15) is 9.59 Å². The van der Waals surface area contributed by atoms with Crippen molar-refractivity contribution >= 4 is 55.3 Å². The Kier molecular flexibility index (Phi) is 5.18. The van der Waals surface area contributed by atoms with Crippen LogP contribution in [0.1, 0.15) is 10.4 Å². The van der Waals surface area contributed by atoms with Crippen LogP contribution >= 0.6 is 27.3 Å². The molecular formula is C19H13BrN4O3S. The molecule has 4 rings (SSSR count). The Morgan fingerprint density at radius 1 is 1.18 bits per heavy atom. The first-order valence-electron chi connectivity index (χ1n) is 8.20. The summed E-state index contributed by atoms with van der Waals surface area (Å²) in [6, 6.07) is 12.7. The van der Waals surface area contributed by atoms with Crippen LogP contribution in [0.15, 0.2) is 58.6 Å². The first kappa shape index (κ1) is 18.3. The third-order valence-electron chi connectivity index (χ3n) is 3.88. The maximum atomic E-state index is 12.1. The van der Waals surface area contributed by atoms with Gasteiger partial charge in [0.05, 0.1) is 28.6 Å². The number of halogens is 1. The fraction of sp³-hybridized carbons (Fsp3) is 0.0526. The lowest BCUT2D eigenvalue weighted by Crippen LogP contribution is -2.20. The Morgan fingerprint density at radius 3 is 2.82 bits per heavy atom. The number of nitrogens with one attached hydrogen (secondary N) is 2. The van der Waals surface area contributed by atoms with E-state index in [2.05, 4.69) is 36.2 Å². The number of thiazole rings is 1. The Balaban J connectivity index is 1.34. The molecule has 4 aromatic rings. The summed E-state index contributed by atoms with van der Waals surface area (Å²) in [6.45, 7) is -0.396. The second-order valence-electron chi connectivity index (χ2n) is 5.80. The van der Waals surface area contributed by atoms with Crippen molar-refractivity contribution in [2.45, 2.75) is 0 Å². The quantitative estimate of drug-likeness (QED) is 0.437. The average Bonchev–Trinajstić information content (AvgIpc) is 3.35. The SMILES string of the molecule is O=C(COC(=O)c1ccc2nc[nH]c2c1)Nc1nc(-c2ccc(Br)cc2)cs1. The number of hydrogen-bond acceptors (Lipinski definition) is 6. The summed E-state index contributed by atoms with van der Waals surface area (Å²) in [5, 5.41) is 4.94. The van der Waals surface area contributed by atoms with Crippen LogP contribution in [0, 0.1) is 0 Å². The normalized spacial score (nSPS) is 10.8. The fourth-order valence-corrected chi connectivity index (χ4v) is 3.52. The highest BCUT2D eigenvalue weighted by Gasteiger charge is 2.13. The lowest BCUT2D eigenvalue weighted by Gasteiger charge is -2.05. The number of rotatable bonds is 5. The number of aromatic amines is 1. The lowest BCUT2D eigenvalue weighted by atomic mass is 10.2. The number of fused-ring (bicyclic) bond motifs is 1. The summed E-state index contributed by atoms with van der Waals surface area (Å²) in [6.07, 6.45) is 1.55. The highest BCUT2D eigenvalue weighted by atomic mass is 79.9. The van der Waals surface area contributed by atoms with Crippen LogP contribution in [-0.4, -0.2) is 33.4 Å². The molecule has 0 saturated carbocycles. The zero-order chi connectivity index (χ0) is 19.5. The molecule has 0 unspecified atom stereocenters. The molecule has 28 heavy (non-hydrogen) atoms. The zero-order valence-electron chi connectivity index (χ0n) is 14.3. The van der Waals surface area contributed by atoms with Gasteiger partial charge in [0.25, 0.3) is 5.91 Å². The standard InChI is InChI=1S/C19H13BrN4O3S/c20-13-4-1-11(2-5-13)16-9-28-19(23-16)24-17(25)8-27-18(26)12-3-6-14-15(7-12)22-10-21-14/h1-7,9-10H,8H2,(H,21,22)(H,23,24,25). The molecule has 0 radical (unpaired) electrons. The van der Waals surface area contributed by atoms with Crippen LogP contribution in [0.25, 0.3) is 22.3 Å². The molecule has 1 amide bonds. The van der Waals surface area contributed by atoms with Crippen molar-refractivity contribution in [1.29, 1.82) is 0 Å². The molecule has 0 atom stereocenters. The van der Waals surface area contributed by atoms with Gasteiger partial charge in [0.1, 0.15) is 0 Å². The maximum absolute atomic E-state index is 12.1. The number of carbonyl (C=O) groups is 2. The summed E-state index contributed by atoms with van der Waals surface area (Å²) in [4.78, 5) is 35.6. The number of esters is 1. The summed E-state index contributed by atoms with van der Waals surface area (Å²) in [5.41, 5.74) is 3.52. The number of amides is 1. The molecular weight excluding hydrogens is 444 g/mol. The monoisotopic (exact) mass is 456 g/mol. The summed E-state index contributed by atoms with van der Waals surface area (Å²) < 4.78 is 6.06. The largest absolute Gasteiger partial charge is 0.452 e. The molecule has 0 saturated heterocycles. The van der Waals surface area contributed by atoms with Crippen molar-refractivity contribution in [3.63, 3.8) is 0 Å². The molecule has 0 aliphatic carbocycles. The van der Waals surface area contributed by atoms with Gasteiger partial charge in [0.2, 0.25) is 0 Å². The van der Waals surface area contributed by atoms with Crippen molar-refractivity contribution in [1.82, 2.24) is 15.0 Å². The molecule has 2 aromatic heterocycles. The first-order chi connectivity index (χ1) is 13.6. The molecule has 9 heteroatoms. The maximum Gasteiger partial charge on any atom is 0.338 e. The van der Waals surface area contributed by atoms with E-state index in [0.29, 0.717) is 10.7 Å². The van der Waals surface area contributed by atoms with E-state index in [1.165, 1.54) is 11.3 Å². The molecule has 0 bridgehead atoms. The van der Waals surface area contributed by atoms with Crippen LogP contribution in [-0.2, 0) is 9.53 Å². The molecule has 0 fully saturated rings. The van der Waals surface area contributed by atoms with Crippen LogP contribution in [0.2, 0.25) is 0 Å². The Hall–Kier alpha value is -3.04. The minimum Gasteiger partial charge on any atom is -0.452 e. The molecule has 0 spiro atoms. The van der Waals surface area contributed by atoms with Crippen molar-refractivity contribution < 1.29 is 14.3 Å². The van der Waals surface area contributed by atoms with Crippen LogP contribution in [0.3, 0.4) is 0 Å². The van der Waals surface area contributed by atoms with Crippen molar-refractivity contribution in [3.05, 3.63) is 64.2 Å². The Bertz CT molecular complexity index is 1150. The number of nitrogens with zero attached hydrogens (tertiary/aromatic N) is 2. The van der Waals surface area contributed by atoms with E-state index in [1.807, 2.05) is 29.6 Å². The molecule has 7 nitrogen and oxygen atoms in total. The van der Waals surface area contributed by atoms with E-state index in [-0.39, 0.29) is 0 Å². The van der Waals surface area contributed by atoms with Crippen molar-refractivity contribution in [2.24, 2.45) is 0 Å². The Morgan fingerprint density at radius 2 is 2.00 bits per heavy atom. The summed E-state index contributed by atoms with van der Waals surface area (Å²) in [7, 11) is 0. The highest BCUT2D eigenvalue weighted by molar-refractivity contribution is 9.10. The van der Waals surface area contributed by atoms with Gasteiger partial charge in [0, 0.05) is 15.4 Å². The van der Waals surface area contributed by atoms with E-state index in [1.54, 1.807) is 24.5 Å².